The molecule has 1 saturated carbocycles. The van der Waals surface area contributed by atoms with Gasteiger partial charge in [-0.2, -0.15) is 0 Å². The summed E-state index contributed by atoms with van der Waals surface area (Å²) in [7, 11) is 0. The lowest BCUT2D eigenvalue weighted by atomic mass is 10.0. The number of nitrogens with zero attached hydrogens (tertiary/aromatic N) is 1. The first-order valence-electron chi connectivity index (χ1n) is 7.75. The van der Waals surface area contributed by atoms with E-state index in [1.165, 1.54) is 57.9 Å². The highest BCUT2D eigenvalue weighted by Gasteiger charge is 2.23. The molecule has 0 aromatic carbocycles. The molecule has 2 heteroatoms. The van der Waals surface area contributed by atoms with Crippen LogP contribution in [0.3, 0.4) is 0 Å². The first-order chi connectivity index (χ1) is 8.29. The van der Waals surface area contributed by atoms with E-state index >= 15 is 0 Å². The Morgan fingerprint density at radius 2 is 1.82 bits per heavy atom. The molecule has 0 heterocycles. The molecule has 2 nitrogen and oxygen atoms in total. The molecule has 0 radical (unpaired) electrons. The Bertz CT molecular complexity index is 174. The van der Waals surface area contributed by atoms with Crippen LogP contribution in [0.4, 0.5) is 0 Å². The van der Waals surface area contributed by atoms with Gasteiger partial charge in [-0.3, -0.25) is 4.90 Å². The highest BCUT2D eigenvalue weighted by Crippen LogP contribution is 2.24. The molecule has 17 heavy (non-hydrogen) atoms. The molecule has 2 N–H and O–H groups in total. The van der Waals surface area contributed by atoms with E-state index in [4.69, 9.17) is 5.73 Å². The standard InChI is InChI=1S/C15H32N2/c1-3-9-14(2)17(13-8-12-16)15-10-6-4-5-7-11-15/h14-15H,3-13,16H2,1-2H3. The Morgan fingerprint density at radius 1 is 1.18 bits per heavy atom. The maximum absolute atomic E-state index is 5.68. The molecule has 1 aliphatic carbocycles. The third-order valence-electron chi connectivity index (χ3n) is 4.19. The maximum Gasteiger partial charge on any atom is 0.00980 e. The minimum absolute atomic E-state index is 0.745. The van der Waals surface area contributed by atoms with E-state index < -0.39 is 0 Å². The predicted molar refractivity (Wildman–Crippen MR) is 76.2 cm³/mol. The maximum atomic E-state index is 5.68. The molecule has 102 valence electrons. The summed E-state index contributed by atoms with van der Waals surface area (Å²) in [5, 5.41) is 0. The van der Waals surface area contributed by atoms with Crippen molar-refractivity contribution >= 4 is 0 Å². The van der Waals surface area contributed by atoms with E-state index in [2.05, 4.69) is 18.7 Å². The lowest BCUT2D eigenvalue weighted by Gasteiger charge is -2.36. The van der Waals surface area contributed by atoms with Crippen LogP contribution in [-0.2, 0) is 0 Å². The summed E-state index contributed by atoms with van der Waals surface area (Å²) in [6.45, 7) is 6.75. The van der Waals surface area contributed by atoms with Crippen LogP contribution in [0.5, 0.6) is 0 Å². The number of nitrogens with two attached hydrogens (primary N) is 1. The normalized spacial score (nSPS) is 20.5. The lowest BCUT2D eigenvalue weighted by Crippen LogP contribution is -2.42. The van der Waals surface area contributed by atoms with Gasteiger partial charge < -0.3 is 5.73 Å². The fourth-order valence-corrected chi connectivity index (χ4v) is 3.21. The third kappa shape index (κ3) is 5.39. The second-order valence-electron chi connectivity index (χ2n) is 5.66. The minimum atomic E-state index is 0.745. The second-order valence-corrected chi connectivity index (χ2v) is 5.66. The smallest absolute Gasteiger partial charge is 0.00980 e. The molecule has 0 saturated heterocycles. The molecule has 0 spiro atoms. The van der Waals surface area contributed by atoms with Crippen molar-refractivity contribution in [2.45, 2.75) is 83.7 Å². The van der Waals surface area contributed by atoms with Crippen LogP contribution in [0.15, 0.2) is 0 Å². The van der Waals surface area contributed by atoms with E-state index in [0.717, 1.165) is 25.0 Å². The topological polar surface area (TPSA) is 29.3 Å². The molecule has 0 aliphatic heterocycles. The number of hydrogen-bond acceptors (Lipinski definition) is 2. The van der Waals surface area contributed by atoms with E-state index in [-0.39, 0.29) is 0 Å². The molecule has 1 rings (SSSR count). The zero-order chi connectivity index (χ0) is 12.5. The van der Waals surface area contributed by atoms with Crippen molar-refractivity contribution in [1.29, 1.82) is 0 Å². The Hall–Kier alpha value is -0.0800. The molecular weight excluding hydrogens is 208 g/mol. The van der Waals surface area contributed by atoms with E-state index in [1.807, 2.05) is 0 Å². The molecule has 1 fully saturated rings. The summed E-state index contributed by atoms with van der Waals surface area (Å²) in [5.74, 6) is 0. The van der Waals surface area contributed by atoms with Gasteiger partial charge in [-0.1, -0.05) is 39.0 Å². The van der Waals surface area contributed by atoms with Crippen molar-refractivity contribution < 1.29 is 0 Å². The molecule has 0 aromatic rings. The van der Waals surface area contributed by atoms with Crippen molar-refractivity contribution in [2.75, 3.05) is 13.1 Å². The first-order valence-corrected chi connectivity index (χ1v) is 7.75. The predicted octanol–water partition coefficient (Wildman–Crippen LogP) is 3.55. The first kappa shape index (κ1) is 15.0. The van der Waals surface area contributed by atoms with Crippen LogP contribution in [0.25, 0.3) is 0 Å². The van der Waals surface area contributed by atoms with E-state index in [0.29, 0.717) is 0 Å². The van der Waals surface area contributed by atoms with Crippen molar-refractivity contribution in [3.63, 3.8) is 0 Å². The zero-order valence-electron chi connectivity index (χ0n) is 12.0. The summed E-state index contributed by atoms with van der Waals surface area (Å²) >= 11 is 0. The van der Waals surface area contributed by atoms with Gasteiger partial charge in [0.1, 0.15) is 0 Å². The molecule has 0 amide bonds. The van der Waals surface area contributed by atoms with Crippen molar-refractivity contribution in [3.8, 4) is 0 Å². The van der Waals surface area contributed by atoms with Gasteiger partial charge in [0.25, 0.3) is 0 Å². The molecule has 0 aromatic heterocycles. The SMILES string of the molecule is CCCC(C)N(CCCN)C1CCCCCC1. The Balaban J connectivity index is 2.52. The van der Waals surface area contributed by atoms with E-state index in [1.54, 1.807) is 0 Å². The van der Waals surface area contributed by atoms with Crippen molar-refractivity contribution in [3.05, 3.63) is 0 Å². The Labute approximate surface area is 108 Å². The molecule has 1 aliphatic rings. The van der Waals surface area contributed by atoms with Gasteiger partial charge in [0.05, 0.1) is 0 Å². The van der Waals surface area contributed by atoms with Gasteiger partial charge >= 0.3 is 0 Å². The van der Waals surface area contributed by atoms with Crippen LogP contribution in [0, 0.1) is 0 Å². The summed E-state index contributed by atoms with van der Waals surface area (Å²) in [6, 6.07) is 1.58. The quantitative estimate of drug-likeness (QED) is 0.690. The monoisotopic (exact) mass is 240 g/mol. The summed E-state index contributed by atoms with van der Waals surface area (Å²) in [6.07, 6.45) is 12.4. The molecule has 0 bridgehead atoms. The number of hydrogen-bond donors (Lipinski definition) is 1. The second kappa shape index (κ2) is 8.93. The average Bonchev–Trinajstić information content (AvgIpc) is 2.59. The summed E-state index contributed by atoms with van der Waals surface area (Å²) in [4.78, 5) is 2.77. The highest BCUT2D eigenvalue weighted by atomic mass is 15.2. The third-order valence-corrected chi connectivity index (χ3v) is 4.19. The summed E-state index contributed by atoms with van der Waals surface area (Å²) < 4.78 is 0. The van der Waals surface area contributed by atoms with Crippen LogP contribution in [-0.4, -0.2) is 30.1 Å². The molecule has 1 unspecified atom stereocenters. The van der Waals surface area contributed by atoms with Gasteiger partial charge in [-0.15, -0.1) is 0 Å². The highest BCUT2D eigenvalue weighted by molar-refractivity contribution is 4.79. The Kier molecular flexibility index (Phi) is 7.87. The fourth-order valence-electron chi connectivity index (χ4n) is 3.21. The van der Waals surface area contributed by atoms with Crippen LogP contribution in [0.1, 0.15) is 71.6 Å². The minimum Gasteiger partial charge on any atom is -0.330 e. The fraction of sp³-hybridized carbons (Fsp3) is 1.00. The summed E-state index contributed by atoms with van der Waals surface area (Å²) in [5.41, 5.74) is 5.68. The van der Waals surface area contributed by atoms with Crippen molar-refractivity contribution in [2.24, 2.45) is 5.73 Å². The molecular formula is C15H32N2. The van der Waals surface area contributed by atoms with Gasteiger partial charge in [-0.25, -0.2) is 0 Å². The van der Waals surface area contributed by atoms with Crippen LogP contribution < -0.4 is 5.73 Å². The number of rotatable bonds is 7. The largest absolute Gasteiger partial charge is 0.330 e. The van der Waals surface area contributed by atoms with Gasteiger partial charge in [0.2, 0.25) is 0 Å². The van der Waals surface area contributed by atoms with E-state index in [9.17, 15) is 0 Å². The Morgan fingerprint density at radius 3 is 2.35 bits per heavy atom. The van der Waals surface area contributed by atoms with Gasteiger partial charge in [0, 0.05) is 12.1 Å². The zero-order valence-corrected chi connectivity index (χ0v) is 12.0. The average molecular weight is 240 g/mol. The van der Waals surface area contributed by atoms with Gasteiger partial charge in [0.15, 0.2) is 0 Å². The lowest BCUT2D eigenvalue weighted by molar-refractivity contribution is 0.122. The molecule has 1 atom stereocenters. The van der Waals surface area contributed by atoms with Crippen molar-refractivity contribution in [1.82, 2.24) is 4.90 Å². The van der Waals surface area contributed by atoms with Crippen LogP contribution in [0.2, 0.25) is 0 Å². The van der Waals surface area contributed by atoms with Gasteiger partial charge in [-0.05, 0) is 45.7 Å². The van der Waals surface area contributed by atoms with Crippen LogP contribution >= 0.6 is 0 Å².